The predicted octanol–water partition coefficient (Wildman–Crippen LogP) is 1.23. The Morgan fingerprint density at radius 2 is 2.08 bits per heavy atom. The molecule has 0 aromatic rings. The molecule has 1 saturated heterocycles. The number of hydrogen-bond donors (Lipinski definition) is 2. The lowest BCUT2D eigenvalue weighted by Gasteiger charge is -2.22. The van der Waals surface area contributed by atoms with E-state index in [1.807, 2.05) is 0 Å². The van der Waals surface area contributed by atoms with Crippen molar-refractivity contribution in [1.82, 2.24) is 0 Å². The SMILES string of the molecule is NC(CO)CCC1CCSCC1. The zero-order chi connectivity index (χ0) is 8.81. The van der Waals surface area contributed by atoms with Crippen molar-refractivity contribution in [3.8, 4) is 0 Å². The van der Waals surface area contributed by atoms with Crippen LogP contribution >= 0.6 is 11.8 Å². The Labute approximate surface area is 78.9 Å². The van der Waals surface area contributed by atoms with Crippen LogP contribution in [0.2, 0.25) is 0 Å². The van der Waals surface area contributed by atoms with Crippen LogP contribution in [0.1, 0.15) is 25.7 Å². The molecule has 12 heavy (non-hydrogen) atoms. The lowest BCUT2D eigenvalue weighted by Crippen LogP contribution is -2.25. The van der Waals surface area contributed by atoms with Gasteiger partial charge in [-0.2, -0.15) is 11.8 Å². The molecule has 1 aliphatic heterocycles. The Hall–Kier alpha value is 0.270. The van der Waals surface area contributed by atoms with E-state index < -0.39 is 0 Å². The van der Waals surface area contributed by atoms with Crippen LogP contribution in [0.25, 0.3) is 0 Å². The van der Waals surface area contributed by atoms with Gasteiger partial charge in [-0.25, -0.2) is 0 Å². The molecule has 1 unspecified atom stereocenters. The van der Waals surface area contributed by atoms with Crippen molar-refractivity contribution in [2.75, 3.05) is 18.1 Å². The quantitative estimate of drug-likeness (QED) is 0.699. The molecule has 0 spiro atoms. The van der Waals surface area contributed by atoms with Gasteiger partial charge in [0.15, 0.2) is 0 Å². The Bertz CT molecular complexity index is 115. The number of thioether (sulfide) groups is 1. The van der Waals surface area contributed by atoms with E-state index >= 15 is 0 Å². The van der Waals surface area contributed by atoms with E-state index in [1.54, 1.807) is 0 Å². The molecule has 0 aromatic heterocycles. The second-order valence-corrected chi connectivity index (χ2v) is 4.80. The first-order valence-electron chi connectivity index (χ1n) is 4.77. The normalized spacial score (nSPS) is 22.5. The highest BCUT2D eigenvalue weighted by atomic mass is 32.2. The van der Waals surface area contributed by atoms with Gasteiger partial charge in [0.05, 0.1) is 6.61 Å². The van der Waals surface area contributed by atoms with Gasteiger partial charge in [0.1, 0.15) is 0 Å². The van der Waals surface area contributed by atoms with Crippen LogP contribution in [-0.2, 0) is 0 Å². The summed E-state index contributed by atoms with van der Waals surface area (Å²) in [5, 5.41) is 8.74. The van der Waals surface area contributed by atoms with Gasteiger partial charge in [-0.3, -0.25) is 0 Å². The zero-order valence-electron chi connectivity index (χ0n) is 7.54. The van der Waals surface area contributed by atoms with Gasteiger partial charge in [0, 0.05) is 6.04 Å². The summed E-state index contributed by atoms with van der Waals surface area (Å²) in [7, 11) is 0. The molecule has 0 radical (unpaired) electrons. The summed E-state index contributed by atoms with van der Waals surface area (Å²) in [4.78, 5) is 0. The van der Waals surface area contributed by atoms with Crippen molar-refractivity contribution in [2.45, 2.75) is 31.7 Å². The predicted molar refractivity (Wildman–Crippen MR) is 54.3 cm³/mol. The van der Waals surface area contributed by atoms with Crippen LogP contribution in [0.15, 0.2) is 0 Å². The molecule has 3 heteroatoms. The molecule has 1 heterocycles. The van der Waals surface area contributed by atoms with Gasteiger partial charge in [-0.15, -0.1) is 0 Å². The minimum Gasteiger partial charge on any atom is -0.395 e. The molecule has 1 fully saturated rings. The fourth-order valence-electron chi connectivity index (χ4n) is 1.58. The summed E-state index contributed by atoms with van der Waals surface area (Å²) in [6.07, 6.45) is 4.90. The highest BCUT2D eigenvalue weighted by molar-refractivity contribution is 7.99. The van der Waals surface area contributed by atoms with Crippen molar-refractivity contribution in [1.29, 1.82) is 0 Å². The molecule has 0 saturated carbocycles. The van der Waals surface area contributed by atoms with Gasteiger partial charge >= 0.3 is 0 Å². The van der Waals surface area contributed by atoms with Crippen LogP contribution < -0.4 is 5.73 Å². The maximum absolute atomic E-state index is 8.74. The molecule has 72 valence electrons. The second kappa shape index (κ2) is 5.84. The Kier molecular flexibility index (Phi) is 5.04. The van der Waals surface area contributed by atoms with E-state index in [0.717, 1.165) is 12.3 Å². The van der Waals surface area contributed by atoms with E-state index in [2.05, 4.69) is 11.8 Å². The van der Waals surface area contributed by atoms with Crippen molar-refractivity contribution >= 4 is 11.8 Å². The smallest absolute Gasteiger partial charge is 0.0582 e. The van der Waals surface area contributed by atoms with Gasteiger partial charge in [-0.05, 0) is 43.1 Å². The van der Waals surface area contributed by atoms with Gasteiger partial charge in [0.2, 0.25) is 0 Å². The van der Waals surface area contributed by atoms with Crippen molar-refractivity contribution in [3.05, 3.63) is 0 Å². The molecule has 2 nitrogen and oxygen atoms in total. The average molecular weight is 189 g/mol. The van der Waals surface area contributed by atoms with E-state index in [9.17, 15) is 0 Å². The lowest BCUT2D eigenvalue weighted by molar-refractivity contribution is 0.251. The minimum atomic E-state index is 0.0135. The molecular weight excluding hydrogens is 170 g/mol. The first-order valence-corrected chi connectivity index (χ1v) is 5.92. The van der Waals surface area contributed by atoms with Crippen molar-refractivity contribution in [2.24, 2.45) is 11.7 Å². The average Bonchev–Trinajstić information content (AvgIpc) is 2.16. The zero-order valence-corrected chi connectivity index (χ0v) is 8.35. The highest BCUT2D eigenvalue weighted by Crippen LogP contribution is 2.26. The third-order valence-electron chi connectivity index (χ3n) is 2.52. The van der Waals surface area contributed by atoms with Crippen molar-refractivity contribution < 1.29 is 5.11 Å². The largest absolute Gasteiger partial charge is 0.395 e. The van der Waals surface area contributed by atoms with Gasteiger partial charge in [0.25, 0.3) is 0 Å². The Morgan fingerprint density at radius 3 is 2.67 bits per heavy atom. The standard InChI is InChI=1S/C9H19NOS/c10-9(7-11)2-1-8-3-5-12-6-4-8/h8-9,11H,1-7,10H2. The Morgan fingerprint density at radius 1 is 1.42 bits per heavy atom. The Balaban J connectivity index is 2.05. The minimum absolute atomic E-state index is 0.0135. The van der Waals surface area contributed by atoms with E-state index in [0.29, 0.717) is 0 Å². The molecule has 1 rings (SSSR count). The van der Waals surface area contributed by atoms with Crippen LogP contribution in [-0.4, -0.2) is 29.3 Å². The molecule has 0 aliphatic carbocycles. The topological polar surface area (TPSA) is 46.2 Å². The fraction of sp³-hybridized carbons (Fsp3) is 1.00. The van der Waals surface area contributed by atoms with E-state index in [4.69, 9.17) is 10.8 Å². The van der Waals surface area contributed by atoms with E-state index in [-0.39, 0.29) is 12.6 Å². The molecule has 3 N–H and O–H groups in total. The van der Waals surface area contributed by atoms with Crippen molar-refractivity contribution in [3.63, 3.8) is 0 Å². The number of aliphatic hydroxyl groups excluding tert-OH is 1. The van der Waals surface area contributed by atoms with Crippen LogP contribution in [0.4, 0.5) is 0 Å². The number of aliphatic hydroxyl groups is 1. The maximum Gasteiger partial charge on any atom is 0.0582 e. The summed E-state index contributed by atoms with van der Waals surface area (Å²) in [5.74, 6) is 3.52. The molecular formula is C9H19NOS. The molecule has 0 bridgehead atoms. The lowest BCUT2D eigenvalue weighted by atomic mass is 9.95. The fourth-order valence-corrected chi connectivity index (χ4v) is 2.78. The summed E-state index contributed by atoms with van der Waals surface area (Å²) in [5.41, 5.74) is 5.63. The third kappa shape index (κ3) is 3.78. The molecule has 1 aliphatic rings. The van der Waals surface area contributed by atoms with Crippen LogP contribution in [0, 0.1) is 5.92 Å². The van der Waals surface area contributed by atoms with Gasteiger partial charge in [-0.1, -0.05) is 0 Å². The summed E-state index contributed by atoms with van der Waals surface area (Å²) < 4.78 is 0. The maximum atomic E-state index is 8.74. The second-order valence-electron chi connectivity index (χ2n) is 3.58. The summed E-state index contributed by atoms with van der Waals surface area (Å²) >= 11 is 2.06. The first-order chi connectivity index (χ1) is 5.83. The van der Waals surface area contributed by atoms with Crippen LogP contribution in [0.5, 0.6) is 0 Å². The van der Waals surface area contributed by atoms with Crippen LogP contribution in [0.3, 0.4) is 0 Å². The van der Waals surface area contributed by atoms with E-state index in [1.165, 1.54) is 30.8 Å². The monoisotopic (exact) mass is 189 g/mol. The summed E-state index contributed by atoms with van der Waals surface area (Å²) in [6, 6.07) is 0.0135. The molecule has 0 aromatic carbocycles. The number of hydrogen-bond acceptors (Lipinski definition) is 3. The van der Waals surface area contributed by atoms with Gasteiger partial charge < -0.3 is 10.8 Å². The number of nitrogens with two attached hydrogens (primary N) is 1. The summed E-state index contributed by atoms with van der Waals surface area (Å²) in [6.45, 7) is 0.140. The molecule has 1 atom stereocenters. The third-order valence-corrected chi connectivity index (χ3v) is 3.57. The number of rotatable bonds is 4. The first kappa shape index (κ1) is 10.4. The highest BCUT2D eigenvalue weighted by Gasteiger charge is 2.14. The molecule has 0 amide bonds.